The topological polar surface area (TPSA) is 81.7 Å². The Morgan fingerprint density at radius 1 is 0.970 bits per heavy atom. The molecule has 3 atom stereocenters. The Labute approximate surface area is 195 Å². The molecule has 3 rings (SSSR count). The highest BCUT2D eigenvalue weighted by Crippen LogP contribution is 2.35. The van der Waals surface area contributed by atoms with Crippen LogP contribution in [0.5, 0.6) is 0 Å². The second-order valence-corrected chi connectivity index (χ2v) is 9.25. The van der Waals surface area contributed by atoms with Crippen LogP contribution in [0.2, 0.25) is 0 Å². The number of hydrogen-bond acceptors (Lipinski definition) is 5. The number of carbonyl (C=O) groups is 3. The van der Waals surface area contributed by atoms with Gasteiger partial charge in [-0.05, 0) is 61.3 Å². The van der Waals surface area contributed by atoms with Gasteiger partial charge in [-0.15, -0.1) is 0 Å². The van der Waals surface area contributed by atoms with Crippen molar-refractivity contribution in [1.82, 2.24) is 0 Å². The van der Waals surface area contributed by atoms with Gasteiger partial charge in [0.05, 0.1) is 11.1 Å². The Kier molecular flexibility index (Phi) is 8.26. The first-order valence-corrected chi connectivity index (χ1v) is 11.6. The number of carbonyl (C=O) groups excluding carboxylic acids is 3. The molecule has 0 radical (unpaired) electrons. The van der Waals surface area contributed by atoms with E-state index in [1.807, 2.05) is 25.1 Å². The highest BCUT2D eigenvalue weighted by Gasteiger charge is 2.34. The number of amides is 1. The van der Waals surface area contributed by atoms with E-state index >= 15 is 0 Å². The zero-order valence-corrected chi connectivity index (χ0v) is 19.8. The molecular formula is C27H33NO5. The first-order valence-electron chi connectivity index (χ1n) is 11.6. The molecule has 6 heteroatoms. The molecule has 176 valence electrons. The van der Waals surface area contributed by atoms with E-state index in [9.17, 15) is 14.4 Å². The fraction of sp³-hybridized carbons (Fsp3) is 0.444. The minimum Gasteiger partial charge on any atom is -0.458 e. The number of ether oxygens (including phenoxy) is 2. The Hall–Kier alpha value is -3.15. The summed E-state index contributed by atoms with van der Waals surface area (Å²) in [5, 5.41) is 2.72. The van der Waals surface area contributed by atoms with E-state index in [4.69, 9.17) is 9.47 Å². The number of rotatable bonds is 7. The van der Waals surface area contributed by atoms with Crippen LogP contribution >= 0.6 is 0 Å². The first kappa shape index (κ1) is 24.5. The van der Waals surface area contributed by atoms with Gasteiger partial charge in [0, 0.05) is 5.69 Å². The van der Waals surface area contributed by atoms with Gasteiger partial charge >= 0.3 is 11.9 Å². The molecule has 6 nitrogen and oxygen atoms in total. The van der Waals surface area contributed by atoms with Crippen LogP contribution in [-0.4, -0.2) is 30.6 Å². The van der Waals surface area contributed by atoms with Crippen LogP contribution in [-0.2, 0) is 14.3 Å². The summed E-state index contributed by atoms with van der Waals surface area (Å²) in [6.07, 6.45) is 2.80. The van der Waals surface area contributed by atoms with Gasteiger partial charge in [-0.3, -0.25) is 4.79 Å². The largest absolute Gasteiger partial charge is 0.458 e. The molecule has 0 saturated heterocycles. The molecule has 0 unspecified atom stereocenters. The lowest BCUT2D eigenvalue weighted by Gasteiger charge is -2.36. The quantitative estimate of drug-likeness (QED) is 0.570. The van der Waals surface area contributed by atoms with Crippen molar-refractivity contribution in [3.8, 4) is 0 Å². The molecule has 2 aromatic carbocycles. The van der Waals surface area contributed by atoms with E-state index in [1.54, 1.807) is 24.3 Å². The third kappa shape index (κ3) is 6.44. The van der Waals surface area contributed by atoms with Crippen LogP contribution in [0.4, 0.5) is 5.69 Å². The molecule has 2 aromatic rings. The summed E-state index contributed by atoms with van der Waals surface area (Å²) < 4.78 is 11.1. The summed E-state index contributed by atoms with van der Waals surface area (Å²) in [7, 11) is 0. The van der Waals surface area contributed by atoms with E-state index in [0.717, 1.165) is 24.8 Å². The Bertz CT molecular complexity index is 1000. The molecule has 33 heavy (non-hydrogen) atoms. The van der Waals surface area contributed by atoms with Crippen molar-refractivity contribution >= 4 is 23.5 Å². The molecule has 1 N–H and O–H groups in total. The minimum absolute atomic E-state index is 0.0937. The summed E-state index contributed by atoms with van der Waals surface area (Å²) in [5.74, 6) is -0.522. The second-order valence-electron chi connectivity index (χ2n) is 9.25. The van der Waals surface area contributed by atoms with Crippen LogP contribution in [0.25, 0.3) is 0 Å². The van der Waals surface area contributed by atoms with Crippen LogP contribution in [0.1, 0.15) is 66.3 Å². The molecule has 1 fully saturated rings. The SMILES string of the molecule is Cc1ccccc1NC(=O)COC(=O)c1ccccc1C(=O)O[C@@H]1C[C@@H](C)CC[C@H]1C(C)C. The normalized spacial score (nSPS) is 20.2. The number of hydrogen-bond donors (Lipinski definition) is 1. The highest BCUT2D eigenvalue weighted by molar-refractivity contribution is 6.04. The van der Waals surface area contributed by atoms with E-state index in [1.165, 1.54) is 6.07 Å². The van der Waals surface area contributed by atoms with Gasteiger partial charge in [0.1, 0.15) is 6.10 Å². The van der Waals surface area contributed by atoms with Crippen molar-refractivity contribution in [2.75, 3.05) is 11.9 Å². The molecule has 0 aromatic heterocycles. The Morgan fingerprint density at radius 3 is 2.27 bits per heavy atom. The lowest BCUT2D eigenvalue weighted by molar-refractivity contribution is -0.119. The Morgan fingerprint density at radius 2 is 1.61 bits per heavy atom. The maximum atomic E-state index is 13.0. The van der Waals surface area contributed by atoms with Crippen LogP contribution in [0, 0.1) is 24.7 Å². The highest BCUT2D eigenvalue weighted by atomic mass is 16.5. The Balaban J connectivity index is 1.65. The van der Waals surface area contributed by atoms with E-state index in [-0.39, 0.29) is 17.2 Å². The molecule has 0 spiro atoms. The molecule has 0 bridgehead atoms. The zero-order valence-electron chi connectivity index (χ0n) is 19.8. The van der Waals surface area contributed by atoms with Gasteiger partial charge in [-0.25, -0.2) is 9.59 Å². The fourth-order valence-electron chi connectivity index (χ4n) is 4.40. The number of esters is 2. The van der Waals surface area contributed by atoms with E-state index < -0.39 is 24.5 Å². The minimum atomic E-state index is -0.736. The molecule has 1 aliphatic rings. The van der Waals surface area contributed by atoms with Crippen LogP contribution in [0.3, 0.4) is 0 Å². The zero-order chi connectivity index (χ0) is 24.0. The maximum Gasteiger partial charge on any atom is 0.339 e. The number of nitrogens with one attached hydrogen (secondary N) is 1. The van der Waals surface area contributed by atoms with Crippen molar-refractivity contribution in [3.05, 3.63) is 65.2 Å². The maximum absolute atomic E-state index is 13.0. The molecule has 1 aliphatic carbocycles. The predicted octanol–water partition coefficient (Wildman–Crippen LogP) is 5.41. The second kappa shape index (κ2) is 11.1. The standard InChI is InChI=1S/C27H33NO5/c1-17(2)20-14-13-18(3)15-24(20)33-27(31)22-11-7-6-10-21(22)26(30)32-16-25(29)28-23-12-8-5-9-19(23)4/h5-12,17-18,20,24H,13-16H2,1-4H3,(H,28,29)/t18-,20-,24+/m0/s1. The van der Waals surface area contributed by atoms with Crippen molar-refractivity contribution in [2.45, 2.75) is 53.1 Å². The van der Waals surface area contributed by atoms with Gasteiger partial charge in [-0.2, -0.15) is 0 Å². The number of aryl methyl sites for hydroxylation is 1. The molecular weight excluding hydrogens is 418 g/mol. The third-order valence-electron chi connectivity index (χ3n) is 6.34. The van der Waals surface area contributed by atoms with Gasteiger partial charge < -0.3 is 14.8 Å². The van der Waals surface area contributed by atoms with Crippen LogP contribution < -0.4 is 5.32 Å². The number of para-hydroxylation sites is 1. The predicted molar refractivity (Wildman–Crippen MR) is 127 cm³/mol. The van der Waals surface area contributed by atoms with Crippen LogP contribution in [0.15, 0.2) is 48.5 Å². The van der Waals surface area contributed by atoms with E-state index in [2.05, 4.69) is 26.1 Å². The van der Waals surface area contributed by atoms with Gasteiger partial charge in [0.15, 0.2) is 6.61 Å². The molecule has 1 amide bonds. The molecule has 1 saturated carbocycles. The van der Waals surface area contributed by atoms with Crippen molar-refractivity contribution in [3.63, 3.8) is 0 Å². The summed E-state index contributed by atoms with van der Waals surface area (Å²) >= 11 is 0. The summed E-state index contributed by atoms with van der Waals surface area (Å²) in [6.45, 7) is 7.89. The summed E-state index contributed by atoms with van der Waals surface area (Å²) in [5.41, 5.74) is 1.81. The van der Waals surface area contributed by atoms with Crippen molar-refractivity contribution < 1.29 is 23.9 Å². The third-order valence-corrected chi connectivity index (χ3v) is 6.34. The summed E-state index contributed by atoms with van der Waals surface area (Å²) in [6, 6.07) is 13.7. The summed E-state index contributed by atoms with van der Waals surface area (Å²) in [4.78, 5) is 38.0. The van der Waals surface area contributed by atoms with Gasteiger partial charge in [0.2, 0.25) is 0 Å². The fourth-order valence-corrected chi connectivity index (χ4v) is 4.40. The average molecular weight is 452 g/mol. The van der Waals surface area contributed by atoms with Gasteiger partial charge in [-0.1, -0.05) is 57.5 Å². The van der Waals surface area contributed by atoms with Gasteiger partial charge in [0.25, 0.3) is 5.91 Å². The average Bonchev–Trinajstić information content (AvgIpc) is 2.79. The smallest absolute Gasteiger partial charge is 0.339 e. The van der Waals surface area contributed by atoms with E-state index in [0.29, 0.717) is 23.4 Å². The first-order chi connectivity index (χ1) is 15.8. The lowest BCUT2D eigenvalue weighted by Crippen LogP contribution is -2.36. The lowest BCUT2D eigenvalue weighted by atomic mass is 9.75. The number of benzene rings is 2. The molecule has 0 aliphatic heterocycles. The van der Waals surface area contributed by atoms with Crippen molar-refractivity contribution in [2.24, 2.45) is 17.8 Å². The van der Waals surface area contributed by atoms with Crippen molar-refractivity contribution in [1.29, 1.82) is 0 Å². The monoisotopic (exact) mass is 451 g/mol. The number of anilines is 1. The molecule has 0 heterocycles.